The molecule has 0 fully saturated rings. The first kappa shape index (κ1) is 21.0. The monoisotopic (exact) mass is 433 g/mol. The van der Waals surface area contributed by atoms with Crippen molar-refractivity contribution in [1.29, 1.82) is 0 Å². The molecule has 7 heteroatoms. The van der Waals surface area contributed by atoms with E-state index in [0.717, 1.165) is 22.3 Å². The summed E-state index contributed by atoms with van der Waals surface area (Å²) in [5, 5.41) is 0. The van der Waals surface area contributed by atoms with E-state index in [1.165, 1.54) is 23.4 Å². The Balaban J connectivity index is 1.61. The molecule has 3 aromatic carbocycles. The van der Waals surface area contributed by atoms with Gasteiger partial charge in [-0.15, -0.1) is 0 Å². The number of aromatic nitrogens is 2. The van der Waals surface area contributed by atoms with Gasteiger partial charge in [0.15, 0.2) is 5.78 Å². The highest BCUT2D eigenvalue weighted by Gasteiger charge is 2.26. The smallest absolute Gasteiger partial charge is 0.243 e. The Kier molecular flexibility index (Phi) is 5.47. The van der Waals surface area contributed by atoms with Crippen molar-refractivity contribution in [2.24, 2.45) is 0 Å². The van der Waals surface area contributed by atoms with Gasteiger partial charge >= 0.3 is 0 Å². The van der Waals surface area contributed by atoms with Crippen molar-refractivity contribution in [3.8, 4) is 5.69 Å². The maximum Gasteiger partial charge on any atom is 0.243 e. The van der Waals surface area contributed by atoms with E-state index in [4.69, 9.17) is 0 Å². The molecule has 31 heavy (non-hydrogen) atoms. The lowest BCUT2D eigenvalue weighted by atomic mass is 10.1. The predicted molar refractivity (Wildman–Crippen MR) is 121 cm³/mol. The van der Waals surface area contributed by atoms with Crippen LogP contribution in [0.2, 0.25) is 0 Å². The third-order valence-electron chi connectivity index (χ3n) is 5.57. The molecule has 0 bridgehead atoms. The summed E-state index contributed by atoms with van der Waals surface area (Å²) in [4.78, 5) is 16.2. The van der Waals surface area contributed by atoms with Crippen LogP contribution < -0.4 is 0 Å². The molecule has 0 radical (unpaired) electrons. The van der Waals surface area contributed by atoms with Crippen LogP contribution in [0.15, 0.2) is 84.0 Å². The Hall–Kier alpha value is -3.29. The van der Waals surface area contributed by atoms with Crippen molar-refractivity contribution in [3.05, 3.63) is 90.3 Å². The Morgan fingerprint density at radius 2 is 1.71 bits per heavy atom. The highest BCUT2D eigenvalue weighted by atomic mass is 32.2. The van der Waals surface area contributed by atoms with Gasteiger partial charge in [-0.25, -0.2) is 13.4 Å². The van der Waals surface area contributed by atoms with Gasteiger partial charge in [0.2, 0.25) is 10.0 Å². The summed E-state index contributed by atoms with van der Waals surface area (Å²) < 4.78 is 29.6. The number of sulfonamides is 1. The van der Waals surface area contributed by atoms with E-state index < -0.39 is 10.0 Å². The zero-order chi connectivity index (χ0) is 22.2. The fourth-order valence-corrected chi connectivity index (χ4v) is 4.94. The van der Waals surface area contributed by atoms with Crippen molar-refractivity contribution in [2.45, 2.75) is 24.8 Å². The van der Waals surface area contributed by atoms with Crippen LogP contribution in [0.4, 0.5) is 0 Å². The second kappa shape index (κ2) is 8.09. The highest BCUT2D eigenvalue weighted by Crippen LogP contribution is 2.27. The normalized spacial score (nSPS) is 12.9. The number of benzene rings is 3. The topological polar surface area (TPSA) is 72.3 Å². The zero-order valence-electron chi connectivity index (χ0n) is 17.6. The summed E-state index contributed by atoms with van der Waals surface area (Å²) >= 11 is 0. The van der Waals surface area contributed by atoms with Gasteiger partial charge < -0.3 is 0 Å². The Bertz CT molecular complexity index is 1360. The van der Waals surface area contributed by atoms with Crippen LogP contribution in [0.3, 0.4) is 0 Å². The minimum atomic E-state index is -3.76. The molecule has 4 aromatic rings. The SMILES string of the molecule is CC(=O)c1cccc(S(=O)(=O)N(C)[C@H](C)c2ccc(-n3cnc4ccccc43)cc2)c1. The van der Waals surface area contributed by atoms with Crippen molar-refractivity contribution in [1.82, 2.24) is 13.9 Å². The molecule has 0 N–H and O–H groups in total. The average molecular weight is 434 g/mol. The summed E-state index contributed by atoms with van der Waals surface area (Å²) in [7, 11) is -2.21. The lowest BCUT2D eigenvalue weighted by Crippen LogP contribution is -2.30. The first-order valence-electron chi connectivity index (χ1n) is 9.90. The molecule has 0 amide bonds. The van der Waals surface area contributed by atoms with Gasteiger partial charge in [-0.3, -0.25) is 9.36 Å². The lowest BCUT2D eigenvalue weighted by Gasteiger charge is -2.25. The minimum Gasteiger partial charge on any atom is -0.299 e. The number of ketones is 1. The van der Waals surface area contributed by atoms with E-state index in [2.05, 4.69) is 4.98 Å². The molecule has 1 atom stereocenters. The molecule has 1 heterocycles. The van der Waals surface area contributed by atoms with Gasteiger partial charge in [0.1, 0.15) is 6.33 Å². The number of nitrogens with zero attached hydrogens (tertiary/aromatic N) is 3. The van der Waals surface area contributed by atoms with Crippen LogP contribution in [0.1, 0.15) is 35.8 Å². The second-order valence-corrected chi connectivity index (χ2v) is 9.47. The number of carbonyl (C=O) groups is 1. The van der Waals surface area contributed by atoms with Crippen LogP contribution >= 0.6 is 0 Å². The fraction of sp³-hybridized carbons (Fsp3) is 0.167. The summed E-state index contributed by atoms with van der Waals surface area (Å²) in [6, 6.07) is 21.4. The molecule has 4 rings (SSSR count). The van der Waals surface area contributed by atoms with Crippen LogP contribution in [-0.2, 0) is 10.0 Å². The van der Waals surface area contributed by atoms with E-state index in [1.54, 1.807) is 25.5 Å². The maximum absolute atomic E-state index is 13.1. The van der Waals surface area contributed by atoms with Crippen LogP contribution in [-0.4, -0.2) is 35.1 Å². The molecular weight excluding hydrogens is 410 g/mol. The van der Waals surface area contributed by atoms with E-state index in [-0.39, 0.29) is 16.7 Å². The van der Waals surface area contributed by atoms with Crippen molar-refractivity contribution in [3.63, 3.8) is 0 Å². The number of imidazole rings is 1. The van der Waals surface area contributed by atoms with E-state index in [0.29, 0.717) is 5.56 Å². The number of hydrogen-bond acceptors (Lipinski definition) is 4. The summed E-state index contributed by atoms with van der Waals surface area (Å²) in [6.45, 7) is 3.26. The first-order chi connectivity index (χ1) is 14.8. The lowest BCUT2D eigenvalue weighted by molar-refractivity contribution is 0.101. The molecule has 1 aromatic heterocycles. The van der Waals surface area contributed by atoms with Crippen LogP contribution in [0, 0.1) is 0 Å². The van der Waals surface area contributed by atoms with Crippen molar-refractivity contribution in [2.75, 3.05) is 7.05 Å². The largest absolute Gasteiger partial charge is 0.299 e. The van der Waals surface area contributed by atoms with Gasteiger partial charge in [0.05, 0.1) is 15.9 Å². The minimum absolute atomic E-state index is 0.107. The van der Waals surface area contributed by atoms with E-state index in [1.807, 2.05) is 60.0 Å². The maximum atomic E-state index is 13.1. The van der Waals surface area contributed by atoms with Gasteiger partial charge in [0, 0.05) is 24.3 Å². The fourth-order valence-electron chi connectivity index (χ4n) is 3.54. The molecule has 0 aliphatic heterocycles. The van der Waals surface area contributed by atoms with Crippen LogP contribution in [0.25, 0.3) is 16.7 Å². The third-order valence-corrected chi connectivity index (χ3v) is 7.49. The predicted octanol–water partition coefficient (Wildman–Crippen LogP) is 4.61. The Labute approximate surface area is 181 Å². The van der Waals surface area contributed by atoms with Gasteiger partial charge in [-0.05, 0) is 55.8 Å². The van der Waals surface area contributed by atoms with Crippen molar-refractivity contribution < 1.29 is 13.2 Å². The summed E-state index contributed by atoms with van der Waals surface area (Å²) in [5.41, 5.74) is 4.11. The third kappa shape index (κ3) is 3.89. The summed E-state index contributed by atoms with van der Waals surface area (Å²) in [5.74, 6) is -0.171. The van der Waals surface area contributed by atoms with E-state index >= 15 is 0 Å². The Morgan fingerprint density at radius 3 is 2.42 bits per heavy atom. The molecule has 0 spiro atoms. The number of hydrogen-bond donors (Lipinski definition) is 0. The highest BCUT2D eigenvalue weighted by molar-refractivity contribution is 7.89. The quantitative estimate of drug-likeness (QED) is 0.416. The zero-order valence-corrected chi connectivity index (χ0v) is 18.4. The molecule has 0 saturated carbocycles. The molecular formula is C24H23N3O3S. The van der Waals surface area contributed by atoms with Crippen molar-refractivity contribution >= 4 is 26.8 Å². The molecule has 6 nitrogen and oxygen atoms in total. The number of carbonyl (C=O) groups excluding carboxylic acids is 1. The molecule has 0 aliphatic carbocycles. The molecule has 0 unspecified atom stereocenters. The number of Topliss-reactive ketones (excluding diaryl/α,β-unsaturated/α-hetero) is 1. The average Bonchev–Trinajstić information content (AvgIpc) is 3.22. The number of para-hydroxylation sites is 2. The van der Waals surface area contributed by atoms with E-state index in [9.17, 15) is 13.2 Å². The molecule has 0 saturated heterocycles. The van der Waals surface area contributed by atoms with Gasteiger partial charge in [0.25, 0.3) is 0 Å². The standard InChI is InChI=1S/C24H23N3O3S/c1-17(26(3)31(29,30)22-8-6-7-20(15-22)18(2)28)19-11-13-21(14-12-19)27-16-25-23-9-4-5-10-24(23)27/h4-17H,1-3H3/t17-/m1/s1. The molecule has 158 valence electrons. The van der Waals surface area contributed by atoms with Gasteiger partial charge in [-0.1, -0.05) is 36.4 Å². The van der Waals surface area contributed by atoms with Gasteiger partial charge in [-0.2, -0.15) is 4.31 Å². The summed E-state index contributed by atoms with van der Waals surface area (Å²) in [6.07, 6.45) is 1.78. The number of rotatable bonds is 6. The second-order valence-electron chi connectivity index (χ2n) is 7.48. The molecule has 0 aliphatic rings. The van der Waals surface area contributed by atoms with Crippen LogP contribution in [0.5, 0.6) is 0 Å². The first-order valence-corrected chi connectivity index (χ1v) is 11.3. The Morgan fingerprint density at radius 1 is 1.00 bits per heavy atom. The number of fused-ring (bicyclic) bond motifs is 1.